The zero-order valence-electron chi connectivity index (χ0n) is 8.21. The first kappa shape index (κ1) is 11.6. The highest BCUT2D eigenvalue weighted by atomic mass is 79.9. The predicted molar refractivity (Wildman–Crippen MR) is 64.0 cm³/mol. The molecule has 0 aliphatic carbocycles. The summed E-state index contributed by atoms with van der Waals surface area (Å²) in [6, 6.07) is 4.68. The molecule has 0 saturated carbocycles. The summed E-state index contributed by atoms with van der Waals surface area (Å²) in [7, 11) is 0. The minimum Gasteiger partial charge on any atom is -0.441 e. The Morgan fingerprint density at radius 1 is 1.44 bits per heavy atom. The van der Waals surface area contributed by atoms with Gasteiger partial charge in [0.15, 0.2) is 11.7 Å². The number of halogens is 3. The Morgan fingerprint density at radius 3 is 2.94 bits per heavy atom. The molecular weight excluding hydrogens is 296 g/mol. The number of nitrogens with zero attached hydrogens (tertiary/aromatic N) is 1. The maximum absolute atomic E-state index is 13.0. The molecule has 0 spiro atoms. The van der Waals surface area contributed by atoms with E-state index in [1.165, 1.54) is 6.07 Å². The lowest BCUT2D eigenvalue weighted by molar-refractivity contribution is 0.514. The third-order valence-corrected chi connectivity index (χ3v) is 2.86. The fourth-order valence-corrected chi connectivity index (χ4v) is 1.83. The molecule has 0 aliphatic rings. The molecule has 0 unspecified atom stereocenters. The van der Waals surface area contributed by atoms with Crippen LogP contribution in [0.3, 0.4) is 0 Å². The van der Waals surface area contributed by atoms with Gasteiger partial charge < -0.3 is 4.42 Å². The molecule has 0 radical (unpaired) electrons. The number of hydrogen-bond donors (Lipinski definition) is 0. The molecule has 0 fully saturated rings. The van der Waals surface area contributed by atoms with Gasteiger partial charge in [-0.05, 0) is 34.1 Å². The Balaban J connectivity index is 2.31. The summed E-state index contributed by atoms with van der Waals surface area (Å²) in [5.41, 5.74) is 0.779. The summed E-state index contributed by atoms with van der Waals surface area (Å²) in [4.78, 5) is 4.07. The molecule has 5 heteroatoms. The van der Waals surface area contributed by atoms with Gasteiger partial charge in [0.1, 0.15) is 5.82 Å². The highest BCUT2D eigenvalue weighted by Crippen LogP contribution is 2.25. The number of oxazole rings is 1. The van der Waals surface area contributed by atoms with Gasteiger partial charge in [0.25, 0.3) is 0 Å². The minimum absolute atomic E-state index is 0.302. The van der Waals surface area contributed by atoms with Crippen LogP contribution in [-0.4, -0.2) is 10.9 Å². The van der Waals surface area contributed by atoms with Gasteiger partial charge in [-0.2, -0.15) is 0 Å². The van der Waals surface area contributed by atoms with Gasteiger partial charge in [-0.3, -0.25) is 0 Å². The summed E-state index contributed by atoms with van der Waals surface area (Å²) in [5.74, 6) is 1.36. The van der Waals surface area contributed by atoms with Gasteiger partial charge in [-0.25, -0.2) is 9.37 Å². The smallest absolute Gasteiger partial charge is 0.196 e. The molecule has 0 atom stereocenters. The lowest BCUT2D eigenvalue weighted by Gasteiger charge is -1.98. The lowest BCUT2D eigenvalue weighted by Crippen LogP contribution is -1.83. The second-order valence-electron chi connectivity index (χ2n) is 3.19. The van der Waals surface area contributed by atoms with Crippen LogP contribution in [0.2, 0.25) is 0 Å². The molecule has 0 aliphatic heterocycles. The monoisotopic (exact) mass is 303 g/mol. The third-order valence-electron chi connectivity index (χ3n) is 2.07. The zero-order chi connectivity index (χ0) is 11.5. The summed E-state index contributed by atoms with van der Waals surface area (Å²) in [6.45, 7) is 0. The molecule has 1 aromatic heterocycles. The first-order valence-electron chi connectivity index (χ1n) is 4.67. The quantitative estimate of drug-likeness (QED) is 0.800. The highest BCUT2D eigenvalue weighted by Gasteiger charge is 2.08. The first-order valence-corrected chi connectivity index (χ1v) is 5.99. The van der Waals surface area contributed by atoms with E-state index in [1.807, 2.05) is 0 Å². The van der Waals surface area contributed by atoms with Crippen LogP contribution in [-0.2, 0) is 6.42 Å². The van der Waals surface area contributed by atoms with E-state index in [0.717, 1.165) is 5.56 Å². The number of aromatic nitrogens is 1. The number of aryl methyl sites for hydroxylation is 1. The maximum Gasteiger partial charge on any atom is 0.196 e. The number of alkyl halides is 1. The van der Waals surface area contributed by atoms with E-state index in [1.54, 1.807) is 18.3 Å². The van der Waals surface area contributed by atoms with Crippen LogP contribution in [0.25, 0.3) is 11.3 Å². The Kier molecular flexibility index (Phi) is 3.61. The van der Waals surface area contributed by atoms with Gasteiger partial charge >= 0.3 is 0 Å². The van der Waals surface area contributed by atoms with E-state index in [0.29, 0.717) is 28.4 Å². The third kappa shape index (κ3) is 2.44. The second-order valence-corrected chi connectivity index (χ2v) is 4.42. The molecule has 2 aromatic rings. The molecule has 16 heavy (non-hydrogen) atoms. The molecule has 2 rings (SSSR count). The number of benzene rings is 1. The van der Waals surface area contributed by atoms with Crippen molar-refractivity contribution >= 4 is 27.5 Å². The van der Waals surface area contributed by atoms with E-state index in [9.17, 15) is 4.39 Å². The van der Waals surface area contributed by atoms with E-state index in [4.69, 9.17) is 16.0 Å². The van der Waals surface area contributed by atoms with E-state index >= 15 is 0 Å². The van der Waals surface area contributed by atoms with Gasteiger partial charge in [0, 0.05) is 17.9 Å². The van der Waals surface area contributed by atoms with Crippen molar-refractivity contribution in [3.8, 4) is 11.3 Å². The van der Waals surface area contributed by atoms with Gasteiger partial charge in [-0.1, -0.05) is 0 Å². The largest absolute Gasteiger partial charge is 0.441 e. The van der Waals surface area contributed by atoms with Gasteiger partial charge in [0.05, 0.1) is 10.7 Å². The maximum atomic E-state index is 13.0. The van der Waals surface area contributed by atoms with Gasteiger partial charge in [-0.15, -0.1) is 11.6 Å². The van der Waals surface area contributed by atoms with Crippen LogP contribution in [0.5, 0.6) is 0 Å². The van der Waals surface area contributed by atoms with Crippen molar-refractivity contribution in [2.45, 2.75) is 6.42 Å². The Labute approximate surface area is 106 Å². The lowest BCUT2D eigenvalue weighted by atomic mass is 10.2. The molecular formula is C11H8BrClFNO. The summed E-state index contributed by atoms with van der Waals surface area (Å²) in [5, 5.41) is 0. The van der Waals surface area contributed by atoms with Crippen molar-refractivity contribution in [3.05, 3.63) is 40.6 Å². The van der Waals surface area contributed by atoms with E-state index in [-0.39, 0.29) is 5.82 Å². The first-order chi connectivity index (χ1) is 7.70. The molecule has 0 N–H and O–H groups in total. The molecule has 2 nitrogen and oxygen atoms in total. The normalized spacial score (nSPS) is 10.7. The van der Waals surface area contributed by atoms with Crippen molar-refractivity contribution in [1.82, 2.24) is 4.98 Å². The molecule has 84 valence electrons. The predicted octanol–water partition coefficient (Wildman–Crippen LogP) is 4.02. The molecule has 0 bridgehead atoms. The van der Waals surface area contributed by atoms with Crippen molar-refractivity contribution in [2.75, 3.05) is 5.88 Å². The SMILES string of the molecule is Fc1ccc(-c2cnc(CCCl)o2)cc1Br. The van der Waals surface area contributed by atoms with Crippen molar-refractivity contribution in [1.29, 1.82) is 0 Å². The fraction of sp³-hybridized carbons (Fsp3) is 0.182. The van der Waals surface area contributed by atoms with E-state index in [2.05, 4.69) is 20.9 Å². The van der Waals surface area contributed by atoms with E-state index < -0.39 is 0 Å². The van der Waals surface area contributed by atoms with Crippen LogP contribution >= 0.6 is 27.5 Å². The van der Waals surface area contributed by atoms with Gasteiger partial charge in [0.2, 0.25) is 0 Å². The summed E-state index contributed by atoms with van der Waals surface area (Å²) >= 11 is 8.70. The van der Waals surface area contributed by atoms with Crippen LogP contribution in [0.1, 0.15) is 5.89 Å². The Hall–Kier alpha value is -0.870. The van der Waals surface area contributed by atoms with Crippen LogP contribution in [0.4, 0.5) is 4.39 Å². The molecule has 1 aromatic carbocycles. The van der Waals surface area contributed by atoms with Crippen molar-refractivity contribution in [2.24, 2.45) is 0 Å². The average molecular weight is 305 g/mol. The Morgan fingerprint density at radius 2 is 2.25 bits per heavy atom. The molecule has 0 amide bonds. The number of rotatable bonds is 3. The van der Waals surface area contributed by atoms with Crippen LogP contribution in [0.15, 0.2) is 33.3 Å². The zero-order valence-corrected chi connectivity index (χ0v) is 10.6. The van der Waals surface area contributed by atoms with Crippen molar-refractivity contribution < 1.29 is 8.81 Å². The molecule has 1 heterocycles. The van der Waals surface area contributed by atoms with Crippen LogP contribution < -0.4 is 0 Å². The fourth-order valence-electron chi connectivity index (χ4n) is 1.29. The Bertz CT molecular complexity index is 500. The van der Waals surface area contributed by atoms with Crippen molar-refractivity contribution in [3.63, 3.8) is 0 Å². The minimum atomic E-state index is -0.302. The number of hydrogen-bond acceptors (Lipinski definition) is 2. The standard InChI is InChI=1S/C11H8BrClFNO/c12-8-5-7(1-2-9(8)14)10-6-15-11(16-10)3-4-13/h1-2,5-6H,3-4H2. The molecule has 0 saturated heterocycles. The second kappa shape index (κ2) is 4.97. The highest BCUT2D eigenvalue weighted by molar-refractivity contribution is 9.10. The van der Waals surface area contributed by atoms with Crippen LogP contribution in [0, 0.1) is 5.82 Å². The average Bonchev–Trinajstić information content (AvgIpc) is 2.71. The topological polar surface area (TPSA) is 26.0 Å². The summed E-state index contributed by atoms with van der Waals surface area (Å²) < 4.78 is 18.9. The summed E-state index contributed by atoms with van der Waals surface area (Å²) in [6.07, 6.45) is 2.20.